The fourth-order valence-electron chi connectivity index (χ4n) is 2.63. The molecule has 0 fully saturated rings. The molecule has 0 radical (unpaired) electrons. The highest BCUT2D eigenvalue weighted by Crippen LogP contribution is 2.34. The van der Waals surface area contributed by atoms with Crippen molar-refractivity contribution in [3.63, 3.8) is 0 Å². The third-order valence-corrected chi connectivity index (χ3v) is 3.72. The largest absolute Gasteiger partial charge is 0.478 e. The van der Waals surface area contributed by atoms with Gasteiger partial charge in [0, 0.05) is 11.6 Å². The molecule has 0 atom stereocenters. The summed E-state index contributed by atoms with van der Waals surface area (Å²) >= 11 is 0. The molecule has 1 aromatic heterocycles. The average Bonchev–Trinajstić information content (AvgIpc) is 2.47. The molecule has 0 spiro atoms. The standard InChI is InChI=1S/C17H18FNO/c1-2-3-11-20-17-10-8-14-12-5-4-6-15(18)13(12)7-9-16(14)19-17/h4-6,8,10H,2-3,7,9,11H2,1H3. The molecule has 0 saturated carbocycles. The number of hydrogen-bond acceptors (Lipinski definition) is 2. The van der Waals surface area contributed by atoms with Gasteiger partial charge in [-0.25, -0.2) is 9.37 Å². The maximum atomic E-state index is 13.8. The van der Waals surface area contributed by atoms with Crippen LogP contribution < -0.4 is 4.74 Å². The first-order valence-electron chi connectivity index (χ1n) is 7.20. The molecule has 1 aromatic carbocycles. The zero-order valence-corrected chi connectivity index (χ0v) is 11.7. The van der Waals surface area contributed by atoms with Gasteiger partial charge in [-0.15, -0.1) is 0 Å². The molecule has 0 N–H and O–H groups in total. The molecule has 1 heterocycles. The minimum atomic E-state index is -0.114. The SMILES string of the molecule is CCCCOc1ccc2c(n1)CCc1c(F)cccc1-2. The van der Waals surface area contributed by atoms with E-state index in [1.807, 2.05) is 18.2 Å². The molecular formula is C17H18FNO. The summed E-state index contributed by atoms with van der Waals surface area (Å²) in [5.41, 5.74) is 3.82. The Morgan fingerprint density at radius 3 is 2.90 bits per heavy atom. The summed E-state index contributed by atoms with van der Waals surface area (Å²) in [5, 5.41) is 0. The fraction of sp³-hybridized carbons (Fsp3) is 0.353. The van der Waals surface area contributed by atoms with Gasteiger partial charge in [0.1, 0.15) is 5.82 Å². The van der Waals surface area contributed by atoms with Crippen molar-refractivity contribution in [3.8, 4) is 17.0 Å². The number of ether oxygens (including phenoxy) is 1. The normalized spacial score (nSPS) is 12.7. The van der Waals surface area contributed by atoms with Gasteiger partial charge >= 0.3 is 0 Å². The first-order chi connectivity index (χ1) is 9.79. The van der Waals surface area contributed by atoms with Crippen LogP contribution in [0.5, 0.6) is 5.88 Å². The van der Waals surface area contributed by atoms with E-state index in [1.54, 1.807) is 6.07 Å². The van der Waals surface area contributed by atoms with Crippen LogP contribution in [0.2, 0.25) is 0 Å². The lowest BCUT2D eigenvalue weighted by Crippen LogP contribution is -2.09. The number of hydrogen-bond donors (Lipinski definition) is 0. The lowest BCUT2D eigenvalue weighted by Gasteiger charge is -2.20. The summed E-state index contributed by atoms with van der Waals surface area (Å²) in [6.45, 7) is 2.84. The van der Waals surface area contributed by atoms with Crippen molar-refractivity contribution in [1.82, 2.24) is 4.98 Å². The van der Waals surface area contributed by atoms with E-state index in [-0.39, 0.29) is 5.82 Å². The Balaban J connectivity index is 1.91. The van der Waals surface area contributed by atoms with Gasteiger partial charge in [-0.2, -0.15) is 0 Å². The van der Waals surface area contributed by atoms with E-state index in [1.165, 1.54) is 6.07 Å². The third kappa shape index (κ3) is 2.40. The van der Waals surface area contributed by atoms with Crippen LogP contribution in [0, 0.1) is 5.82 Å². The van der Waals surface area contributed by atoms with Crippen molar-refractivity contribution in [2.24, 2.45) is 0 Å². The molecule has 0 bridgehead atoms. The van der Waals surface area contributed by atoms with E-state index < -0.39 is 0 Å². The van der Waals surface area contributed by atoms with E-state index in [4.69, 9.17) is 4.74 Å². The Kier molecular flexibility index (Phi) is 3.68. The molecule has 0 aliphatic heterocycles. The highest BCUT2D eigenvalue weighted by atomic mass is 19.1. The second kappa shape index (κ2) is 5.61. The van der Waals surface area contributed by atoms with Crippen LogP contribution in [0.25, 0.3) is 11.1 Å². The lowest BCUT2D eigenvalue weighted by molar-refractivity contribution is 0.297. The van der Waals surface area contributed by atoms with Crippen molar-refractivity contribution >= 4 is 0 Å². The number of aromatic nitrogens is 1. The summed E-state index contributed by atoms with van der Waals surface area (Å²) < 4.78 is 19.4. The molecule has 1 aliphatic carbocycles. The Morgan fingerprint density at radius 2 is 2.05 bits per heavy atom. The number of unbranched alkanes of at least 4 members (excludes halogenated alkanes) is 1. The minimum Gasteiger partial charge on any atom is -0.478 e. The van der Waals surface area contributed by atoms with Crippen LogP contribution in [0.15, 0.2) is 30.3 Å². The van der Waals surface area contributed by atoms with Gasteiger partial charge in [0.05, 0.1) is 12.3 Å². The second-order valence-corrected chi connectivity index (χ2v) is 5.11. The first kappa shape index (κ1) is 13.1. The van der Waals surface area contributed by atoms with E-state index in [2.05, 4.69) is 11.9 Å². The average molecular weight is 271 g/mol. The van der Waals surface area contributed by atoms with Gasteiger partial charge in [-0.05, 0) is 42.5 Å². The summed E-state index contributed by atoms with van der Waals surface area (Å²) in [4.78, 5) is 4.57. The number of rotatable bonds is 4. The molecule has 20 heavy (non-hydrogen) atoms. The van der Waals surface area contributed by atoms with Gasteiger partial charge in [-0.3, -0.25) is 0 Å². The molecule has 0 amide bonds. The predicted octanol–water partition coefficient (Wildman–Crippen LogP) is 4.17. The topological polar surface area (TPSA) is 22.1 Å². The Morgan fingerprint density at radius 1 is 1.15 bits per heavy atom. The van der Waals surface area contributed by atoms with Gasteiger partial charge in [0.25, 0.3) is 0 Å². The van der Waals surface area contributed by atoms with Crippen LogP contribution in [0.4, 0.5) is 4.39 Å². The van der Waals surface area contributed by atoms with Crippen molar-refractivity contribution in [2.45, 2.75) is 32.6 Å². The van der Waals surface area contributed by atoms with Crippen molar-refractivity contribution in [3.05, 3.63) is 47.4 Å². The number of nitrogens with zero attached hydrogens (tertiary/aromatic N) is 1. The van der Waals surface area contributed by atoms with Crippen LogP contribution in [0.1, 0.15) is 31.0 Å². The molecule has 3 heteroatoms. The second-order valence-electron chi connectivity index (χ2n) is 5.11. The first-order valence-corrected chi connectivity index (χ1v) is 7.20. The molecule has 104 valence electrons. The van der Waals surface area contributed by atoms with Crippen molar-refractivity contribution in [2.75, 3.05) is 6.61 Å². The molecule has 1 aliphatic rings. The number of halogens is 1. The zero-order chi connectivity index (χ0) is 13.9. The lowest BCUT2D eigenvalue weighted by atomic mass is 9.88. The van der Waals surface area contributed by atoms with E-state index in [0.29, 0.717) is 18.9 Å². The number of pyridine rings is 1. The maximum absolute atomic E-state index is 13.8. The monoisotopic (exact) mass is 271 g/mol. The van der Waals surface area contributed by atoms with Crippen molar-refractivity contribution in [1.29, 1.82) is 0 Å². The zero-order valence-electron chi connectivity index (χ0n) is 11.7. The summed E-state index contributed by atoms with van der Waals surface area (Å²) in [5.74, 6) is 0.563. The number of fused-ring (bicyclic) bond motifs is 3. The molecule has 2 nitrogen and oxygen atoms in total. The molecule has 0 saturated heterocycles. The quantitative estimate of drug-likeness (QED) is 0.779. The van der Waals surface area contributed by atoms with Crippen molar-refractivity contribution < 1.29 is 9.13 Å². The minimum absolute atomic E-state index is 0.114. The van der Waals surface area contributed by atoms with E-state index in [9.17, 15) is 4.39 Å². The molecule has 0 unspecified atom stereocenters. The smallest absolute Gasteiger partial charge is 0.213 e. The van der Waals surface area contributed by atoms with E-state index >= 15 is 0 Å². The number of aryl methyl sites for hydroxylation is 1. The Bertz CT molecular complexity index is 624. The predicted molar refractivity (Wildman–Crippen MR) is 77.4 cm³/mol. The molecule has 2 aromatic rings. The maximum Gasteiger partial charge on any atom is 0.213 e. The summed E-state index contributed by atoms with van der Waals surface area (Å²) in [7, 11) is 0. The van der Waals surface area contributed by atoms with Gasteiger partial charge in [-0.1, -0.05) is 25.5 Å². The number of benzene rings is 1. The fourth-order valence-corrected chi connectivity index (χ4v) is 2.63. The highest BCUT2D eigenvalue weighted by Gasteiger charge is 2.20. The Labute approximate surface area is 118 Å². The Hall–Kier alpha value is -1.90. The molecular weight excluding hydrogens is 253 g/mol. The van der Waals surface area contributed by atoms with Crippen LogP contribution >= 0.6 is 0 Å². The van der Waals surface area contributed by atoms with Gasteiger partial charge in [0.15, 0.2) is 0 Å². The van der Waals surface area contributed by atoms with Gasteiger partial charge < -0.3 is 4.74 Å². The van der Waals surface area contributed by atoms with Crippen LogP contribution in [-0.4, -0.2) is 11.6 Å². The highest BCUT2D eigenvalue weighted by molar-refractivity contribution is 5.72. The van der Waals surface area contributed by atoms with Crippen LogP contribution in [-0.2, 0) is 12.8 Å². The van der Waals surface area contributed by atoms with Crippen LogP contribution in [0.3, 0.4) is 0 Å². The van der Waals surface area contributed by atoms with E-state index in [0.717, 1.165) is 41.6 Å². The summed E-state index contributed by atoms with van der Waals surface area (Å²) in [6.07, 6.45) is 3.62. The summed E-state index contributed by atoms with van der Waals surface area (Å²) in [6, 6.07) is 9.14. The third-order valence-electron chi connectivity index (χ3n) is 3.72. The molecule has 3 rings (SSSR count). The van der Waals surface area contributed by atoms with Gasteiger partial charge in [0.2, 0.25) is 5.88 Å².